The Labute approximate surface area is 112 Å². The minimum absolute atomic E-state index is 0.00476. The standard InChI is InChI=1S/C10H10F10O/c11-5-3-1-2-4-6-21-10(19,20)8(14,15)7(12,13)9(16,17)18/h2,4H,1,3,5-6H2/b4-2+. The van der Waals surface area contributed by atoms with Crippen LogP contribution in [0.4, 0.5) is 43.9 Å². The van der Waals surface area contributed by atoms with Crippen LogP contribution in [0.2, 0.25) is 0 Å². The summed E-state index contributed by atoms with van der Waals surface area (Å²) in [6, 6.07) is 0. The highest BCUT2D eigenvalue weighted by Gasteiger charge is 2.82. The number of hydrogen-bond donors (Lipinski definition) is 0. The van der Waals surface area contributed by atoms with Gasteiger partial charge in [0.2, 0.25) is 0 Å². The fourth-order valence-electron chi connectivity index (χ4n) is 0.985. The van der Waals surface area contributed by atoms with Crippen molar-refractivity contribution in [1.29, 1.82) is 0 Å². The molecule has 126 valence electrons. The maximum Gasteiger partial charge on any atom is 0.460 e. The third-order valence-electron chi connectivity index (χ3n) is 2.15. The van der Waals surface area contributed by atoms with Crippen molar-refractivity contribution < 1.29 is 48.6 Å². The molecule has 0 aromatic rings. The van der Waals surface area contributed by atoms with E-state index in [2.05, 4.69) is 4.74 Å². The summed E-state index contributed by atoms with van der Waals surface area (Å²) in [6.07, 6.45) is -11.2. The van der Waals surface area contributed by atoms with Crippen LogP contribution in [0, 0.1) is 0 Å². The predicted octanol–water partition coefficient (Wildman–Crippen LogP) is 4.73. The SMILES string of the molecule is FCCC/C=C/COC(F)(F)C(F)(F)C(F)(F)C(F)(F)F. The van der Waals surface area contributed by atoms with E-state index in [0.717, 1.165) is 6.08 Å². The van der Waals surface area contributed by atoms with Gasteiger partial charge in [-0.1, -0.05) is 12.2 Å². The molecule has 0 radical (unpaired) electrons. The van der Waals surface area contributed by atoms with Crippen molar-refractivity contribution in [2.75, 3.05) is 13.3 Å². The van der Waals surface area contributed by atoms with E-state index in [9.17, 15) is 43.9 Å². The van der Waals surface area contributed by atoms with Gasteiger partial charge in [-0.3, -0.25) is 4.39 Å². The molecule has 0 N–H and O–H groups in total. The molecule has 11 heteroatoms. The molecule has 1 nitrogen and oxygen atoms in total. The molecule has 0 unspecified atom stereocenters. The molecule has 0 spiro atoms. The molecular weight excluding hydrogens is 326 g/mol. The zero-order chi connectivity index (χ0) is 16.9. The second-order valence-corrected chi connectivity index (χ2v) is 3.78. The van der Waals surface area contributed by atoms with Crippen LogP contribution < -0.4 is 0 Å². The summed E-state index contributed by atoms with van der Waals surface area (Å²) in [7, 11) is 0. The van der Waals surface area contributed by atoms with E-state index in [4.69, 9.17) is 0 Å². The van der Waals surface area contributed by atoms with Crippen LogP contribution in [0.3, 0.4) is 0 Å². The Hall–Kier alpha value is -1.00. The molecule has 0 aromatic carbocycles. The van der Waals surface area contributed by atoms with Gasteiger partial charge in [-0.15, -0.1) is 0 Å². The smallest absolute Gasteiger partial charge is 0.311 e. The molecule has 0 fully saturated rings. The van der Waals surface area contributed by atoms with Gasteiger partial charge in [0.05, 0.1) is 13.3 Å². The van der Waals surface area contributed by atoms with Crippen LogP contribution >= 0.6 is 0 Å². The van der Waals surface area contributed by atoms with Crippen LogP contribution in [0.15, 0.2) is 12.2 Å². The maximum atomic E-state index is 12.8. The van der Waals surface area contributed by atoms with Crippen molar-refractivity contribution in [3.05, 3.63) is 12.2 Å². The maximum absolute atomic E-state index is 12.8. The summed E-state index contributed by atoms with van der Waals surface area (Å²) in [5, 5.41) is 0. The van der Waals surface area contributed by atoms with E-state index in [1.54, 1.807) is 0 Å². The number of alkyl halides is 10. The monoisotopic (exact) mass is 336 g/mol. The minimum atomic E-state index is -6.97. The Morgan fingerprint density at radius 1 is 0.762 bits per heavy atom. The fourth-order valence-corrected chi connectivity index (χ4v) is 0.985. The number of rotatable bonds is 8. The zero-order valence-electron chi connectivity index (χ0n) is 10.2. The highest BCUT2D eigenvalue weighted by atomic mass is 19.4. The summed E-state index contributed by atoms with van der Waals surface area (Å²) < 4.78 is 126. The summed E-state index contributed by atoms with van der Waals surface area (Å²) in [5.74, 6) is -13.8. The molecule has 0 atom stereocenters. The third kappa shape index (κ3) is 4.48. The quantitative estimate of drug-likeness (QED) is 0.354. The van der Waals surface area contributed by atoms with E-state index < -0.39 is 37.4 Å². The number of halogens is 10. The Kier molecular flexibility index (Phi) is 6.51. The molecule has 0 aliphatic rings. The normalized spacial score (nSPS) is 15.0. The first-order valence-corrected chi connectivity index (χ1v) is 5.36. The average molecular weight is 336 g/mol. The first-order chi connectivity index (χ1) is 9.31. The van der Waals surface area contributed by atoms with Gasteiger partial charge in [0.15, 0.2) is 0 Å². The first kappa shape index (κ1) is 20.0. The van der Waals surface area contributed by atoms with E-state index >= 15 is 0 Å². The molecule has 0 aliphatic heterocycles. The van der Waals surface area contributed by atoms with Crippen molar-refractivity contribution in [2.24, 2.45) is 0 Å². The number of ether oxygens (including phenoxy) is 1. The van der Waals surface area contributed by atoms with E-state index in [1.807, 2.05) is 0 Å². The second-order valence-electron chi connectivity index (χ2n) is 3.78. The molecule has 0 saturated carbocycles. The van der Waals surface area contributed by atoms with E-state index in [1.165, 1.54) is 0 Å². The summed E-state index contributed by atoms with van der Waals surface area (Å²) >= 11 is 0. The highest BCUT2D eigenvalue weighted by Crippen LogP contribution is 2.53. The van der Waals surface area contributed by atoms with Gasteiger partial charge in [0.1, 0.15) is 0 Å². The molecule has 0 amide bonds. The lowest BCUT2D eigenvalue weighted by atomic mass is 10.1. The van der Waals surface area contributed by atoms with Crippen LogP contribution in [-0.4, -0.2) is 37.4 Å². The first-order valence-electron chi connectivity index (χ1n) is 5.36. The minimum Gasteiger partial charge on any atom is -0.311 e. The van der Waals surface area contributed by atoms with Gasteiger partial charge in [0, 0.05) is 0 Å². The molecule has 21 heavy (non-hydrogen) atoms. The number of unbranched alkanes of at least 4 members (excludes halogenated alkanes) is 1. The third-order valence-corrected chi connectivity index (χ3v) is 2.15. The Bertz CT molecular complexity index is 346. The van der Waals surface area contributed by atoms with Crippen molar-refractivity contribution in [3.63, 3.8) is 0 Å². The lowest BCUT2D eigenvalue weighted by Crippen LogP contribution is -2.61. The molecule has 0 rings (SSSR count). The molecule has 0 aliphatic carbocycles. The number of hydrogen-bond acceptors (Lipinski definition) is 1. The van der Waals surface area contributed by atoms with Gasteiger partial charge in [-0.05, 0) is 12.8 Å². The number of allylic oxidation sites excluding steroid dienone is 1. The van der Waals surface area contributed by atoms with Crippen LogP contribution in [0.1, 0.15) is 12.8 Å². The van der Waals surface area contributed by atoms with Gasteiger partial charge in [0.25, 0.3) is 0 Å². The van der Waals surface area contributed by atoms with Crippen molar-refractivity contribution >= 4 is 0 Å². The lowest BCUT2D eigenvalue weighted by molar-refractivity contribution is -0.442. The van der Waals surface area contributed by atoms with Crippen molar-refractivity contribution in [1.82, 2.24) is 0 Å². The topological polar surface area (TPSA) is 9.23 Å². The van der Waals surface area contributed by atoms with E-state index in [-0.39, 0.29) is 12.8 Å². The molecular formula is C10H10F10O. The van der Waals surface area contributed by atoms with Crippen molar-refractivity contribution in [2.45, 2.75) is 37.0 Å². The Morgan fingerprint density at radius 2 is 1.29 bits per heavy atom. The Morgan fingerprint density at radius 3 is 1.71 bits per heavy atom. The van der Waals surface area contributed by atoms with Crippen LogP contribution in [0.5, 0.6) is 0 Å². The lowest BCUT2D eigenvalue weighted by Gasteiger charge is -2.32. The summed E-state index contributed by atoms with van der Waals surface area (Å²) in [5.41, 5.74) is 0. The highest BCUT2D eigenvalue weighted by molar-refractivity contribution is 4.97. The summed E-state index contributed by atoms with van der Waals surface area (Å²) in [4.78, 5) is 0. The van der Waals surface area contributed by atoms with Crippen LogP contribution in [-0.2, 0) is 4.74 Å². The molecule has 0 aromatic heterocycles. The Balaban J connectivity index is 4.85. The van der Waals surface area contributed by atoms with Gasteiger partial charge >= 0.3 is 24.1 Å². The predicted molar refractivity (Wildman–Crippen MR) is 51.2 cm³/mol. The molecule has 0 saturated heterocycles. The van der Waals surface area contributed by atoms with Gasteiger partial charge in [-0.2, -0.15) is 39.5 Å². The molecule has 0 heterocycles. The average Bonchev–Trinajstić information content (AvgIpc) is 2.31. The second kappa shape index (κ2) is 6.84. The molecule has 0 bridgehead atoms. The van der Waals surface area contributed by atoms with Gasteiger partial charge in [-0.25, -0.2) is 0 Å². The van der Waals surface area contributed by atoms with Crippen molar-refractivity contribution in [3.8, 4) is 0 Å². The van der Waals surface area contributed by atoms with Gasteiger partial charge < -0.3 is 4.74 Å². The summed E-state index contributed by atoms with van der Waals surface area (Å²) in [6.45, 7) is -2.08. The van der Waals surface area contributed by atoms with Crippen LogP contribution in [0.25, 0.3) is 0 Å². The zero-order valence-corrected chi connectivity index (χ0v) is 10.2. The van der Waals surface area contributed by atoms with E-state index in [0.29, 0.717) is 6.08 Å². The fraction of sp³-hybridized carbons (Fsp3) is 0.800. The largest absolute Gasteiger partial charge is 0.460 e.